The largest absolute Gasteiger partial charge is 0.486 e. The van der Waals surface area contributed by atoms with E-state index in [1.807, 2.05) is 19.9 Å². The lowest BCUT2D eigenvalue weighted by atomic mass is 10.1. The van der Waals surface area contributed by atoms with Gasteiger partial charge in [-0.1, -0.05) is 6.07 Å². The molecule has 0 atom stereocenters. The van der Waals surface area contributed by atoms with Crippen molar-refractivity contribution >= 4 is 5.69 Å². The zero-order chi connectivity index (χ0) is 14.0. The Bertz CT molecular complexity index is 568. The predicted octanol–water partition coefficient (Wildman–Crippen LogP) is 3.74. The number of ether oxygens (including phenoxy) is 1. The molecule has 2 nitrogen and oxygen atoms in total. The molecule has 0 fully saturated rings. The molecule has 0 aliphatic rings. The zero-order valence-corrected chi connectivity index (χ0v) is 10.8. The van der Waals surface area contributed by atoms with Crippen LogP contribution in [0.2, 0.25) is 0 Å². The molecule has 0 saturated carbocycles. The summed E-state index contributed by atoms with van der Waals surface area (Å²) in [4.78, 5) is 0. The van der Waals surface area contributed by atoms with Crippen LogP contribution in [-0.4, -0.2) is 0 Å². The van der Waals surface area contributed by atoms with Crippen molar-refractivity contribution < 1.29 is 13.5 Å². The van der Waals surface area contributed by atoms with Crippen molar-refractivity contribution in [1.29, 1.82) is 0 Å². The maximum absolute atomic E-state index is 13.0. The molecular weight excluding hydrogens is 248 g/mol. The van der Waals surface area contributed by atoms with Crippen molar-refractivity contribution in [1.82, 2.24) is 0 Å². The van der Waals surface area contributed by atoms with Crippen LogP contribution in [0.25, 0.3) is 0 Å². The minimum absolute atomic E-state index is 0.0722. The second kappa shape index (κ2) is 5.26. The molecule has 2 aromatic carbocycles. The minimum atomic E-state index is -0.618. The highest BCUT2D eigenvalue weighted by Crippen LogP contribution is 2.28. The van der Waals surface area contributed by atoms with Gasteiger partial charge >= 0.3 is 0 Å². The van der Waals surface area contributed by atoms with Crippen molar-refractivity contribution in [3.05, 3.63) is 58.7 Å². The van der Waals surface area contributed by atoms with Crippen molar-refractivity contribution in [2.24, 2.45) is 0 Å². The molecule has 0 aliphatic heterocycles. The number of aryl methyl sites for hydroxylation is 2. The third-order valence-corrected chi connectivity index (χ3v) is 2.75. The van der Waals surface area contributed by atoms with Gasteiger partial charge in [0.2, 0.25) is 0 Å². The fourth-order valence-corrected chi connectivity index (χ4v) is 2.03. The van der Waals surface area contributed by atoms with E-state index in [2.05, 4.69) is 0 Å². The summed E-state index contributed by atoms with van der Waals surface area (Å²) in [6.45, 7) is 3.89. The number of hydrogen-bond acceptors (Lipinski definition) is 2. The molecule has 0 amide bonds. The number of nitrogen functional groups attached to an aromatic ring is 1. The fourth-order valence-electron chi connectivity index (χ4n) is 2.03. The first kappa shape index (κ1) is 13.3. The summed E-state index contributed by atoms with van der Waals surface area (Å²) in [6.07, 6.45) is 0. The number of anilines is 1. The van der Waals surface area contributed by atoms with Gasteiger partial charge in [-0.25, -0.2) is 8.78 Å². The molecule has 100 valence electrons. The first-order chi connectivity index (χ1) is 8.95. The molecule has 2 N–H and O–H groups in total. The van der Waals surface area contributed by atoms with Crippen molar-refractivity contribution in [2.45, 2.75) is 20.5 Å². The van der Waals surface area contributed by atoms with E-state index in [-0.39, 0.29) is 6.61 Å². The van der Waals surface area contributed by atoms with Gasteiger partial charge in [-0.2, -0.15) is 0 Å². The second-order valence-electron chi connectivity index (χ2n) is 4.57. The highest BCUT2D eigenvalue weighted by Gasteiger charge is 2.07. The molecular formula is C15H15F2NO. The van der Waals surface area contributed by atoms with E-state index in [0.29, 0.717) is 17.0 Å². The van der Waals surface area contributed by atoms with Crippen LogP contribution in [0.15, 0.2) is 30.3 Å². The van der Waals surface area contributed by atoms with Crippen LogP contribution in [0, 0.1) is 25.5 Å². The van der Waals surface area contributed by atoms with Crippen LogP contribution < -0.4 is 10.5 Å². The smallest absolute Gasteiger partial charge is 0.145 e. The van der Waals surface area contributed by atoms with Crippen LogP contribution in [0.1, 0.15) is 16.7 Å². The Morgan fingerprint density at radius 3 is 2.21 bits per heavy atom. The second-order valence-corrected chi connectivity index (χ2v) is 4.57. The van der Waals surface area contributed by atoms with E-state index in [1.165, 1.54) is 12.1 Å². The molecule has 0 aliphatic carbocycles. The average molecular weight is 263 g/mol. The molecule has 19 heavy (non-hydrogen) atoms. The third kappa shape index (κ3) is 3.22. The highest BCUT2D eigenvalue weighted by atomic mass is 19.1. The van der Waals surface area contributed by atoms with Crippen LogP contribution in [0.3, 0.4) is 0 Å². The van der Waals surface area contributed by atoms with E-state index in [4.69, 9.17) is 10.5 Å². The summed E-state index contributed by atoms with van der Waals surface area (Å²) >= 11 is 0. The molecule has 0 unspecified atom stereocenters. The van der Waals surface area contributed by atoms with E-state index in [9.17, 15) is 8.78 Å². The maximum Gasteiger partial charge on any atom is 0.145 e. The summed E-state index contributed by atoms with van der Waals surface area (Å²) in [5.41, 5.74) is 8.76. The number of rotatable bonds is 3. The molecule has 0 bridgehead atoms. The number of benzene rings is 2. The summed E-state index contributed by atoms with van der Waals surface area (Å²) in [5, 5.41) is 0. The molecule has 0 heterocycles. The summed E-state index contributed by atoms with van der Waals surface area (Å²) in [5.74, 6) is -0.685. The summed E-state index contributed by atoms with van der Waals surface area (Å²) in [7, 11) is 0. The first-order valence-corrected chi connectivity index (χ1v) is 5.90. The lowest BCUT2D eigenvalue weighted by Crippen LogP contribution is -2.02. The first-order valence-electron chi connectivity index (χ1n) is 5.90. The molecule has 2 aromatic rings. The van der Waals surface area contributed by atoms with Crippen molar-refractivity contribution in [2.75, 3.05) is 5.73 Å². The van der Waals surface area contributed by atoms with Gasteiger partial charge in [0, 0.05) is 6.07 Å². The van der Waals surface area contributed by atoms with Gasteiger partial charge in [0.15, 0.2) is 0 Å². The Balaban J connectivity index is 2.19. The zero-order valence-electron chi connectivity index (χ0n) is 10.8. The standard InChI is InChI=1S/C15H15F2NO/c1-9-3-10(2)15(14(18)4-9)19-8-11-5-12(16)7-13(17)6-11/h3-7H,8,18H2,1-2H3. The Morgan fingerprint density at radius 1 is 1.00 bits per heavy atom. The molecule has 0 spiro atoms. The van der Waals surface area contributed by atoms with Gasteiger partial charge in [-0.3, -0.25) is 0 Å². The molecule has 0 radical (unpaired) electrons. The van der Waals surface area contributed by atoms with Gasteiger partial charge in [-0.15, -0.1) is 0 Å². The van der Waals surface area contributed by atoms with E-state index >= 15 is 0 Å². The van der Waals surface area contributed by atoms with Crippen LogP contribution >= 0.6 is 0 Å². The van der Waals surface area contributed by atoms with E-state index < -0.39 is 11.6 Å². The lowest BCUT2D eigenvalue weighted by molar-refractivity contribution is 0.304. The maximum atomic E-state index is 13.0. The van der Waals surface area contributed by atoms with Crippen molar-refractivity contribution in [3.8, 4) is 5.75 Å². The number of halogens is 2. The quantitative estimate of drug-likeness (QED) is 0.856. The average Bonchev–Trinajstić information content (AvgIpc) is 2.25. The Kier molecular flexibility index (Phi) is 3.69. The topological polar surface area (TPSA) is 35.2 Å². The summed E-state index contributed by atoms with van der Waals surface area (Å²) in [6, 6.07) is 7.05. The van der Waals surface area contributed by atoms with Gasteiger partial charge < -0.3 is 10.5 Å². The predicted molar refractivity (Wildman–Crippen MR) is 71.0 cm³/mol. The van der Waals surface area contributed by atoms with Gasteiger partial charge in [0.1, 0.15) is 24.0 Å². The number of hydrogen-bond donors (Lipinski definition) is 1. The van der Waals surface area contributed by atoms with Gasteiger partial charge in [0.05, 0.1) is 5.69 Å². The monoisotopic (exact) mass is 263 g/mol. The summed E-state index contributed by atoms with van der Waals surface area (Å²) < 4.78 is 31.7. The molecule has 0 aromatic heterocycles. The molecule has 2 rings (SSSR count). The highest BCUT2D eigenvalue weighted by molar-refractivity contribution is 5.58. The Hall–Kier alpha value is -2.10. The molecule has 0 saturated heterocycles. The molecule has 4 heteroatoms. The van der Waals surface area contributed by atoms with Gasteiger partial charge in [0.25, 0.3) is 0 Å². The van der Waals surface area contributed by atoms with E-state index in [0.717, 1.165) is 17.2 Å². The minimum Gasteiger partial charge on any atom is -0.486 e. The van der Waals surface area contributed by atoms with Gasteiger partial charge in [-0.05, 0) is 48.7 Å². The normalized spacial score (nSPS) is 10.5. The third-order valence-electron chi connectivity index (χ3n) is 2.75. The Labute approximate surface area is 110 Å². The Morgan fingerprint density at radius 2 is 1.63 bits per heavy atom. The SMILES string of the molecule is Cc1cc(C)c(OCc2cc(F)cc(F)c2)c(N)c1. The van der Waals surface area contributed by atoms with Crippen LogP contribution in [0.4, 0.5) is 14.5 Å². The van der Waals surface area contributed by atoms with E-state index in [1.54, 1.807) is 6.07 Å². The van der Waals surface area contributed by atoms with Crippen LogP contribution in [0.5, 0.6) is 5.75 Å². The number of nitrogens with two attached hydrogens (primary N) is 1. The fraction of sp³-hybridized carbons (Fsp3) is 0.200. The lowest BCUT2D eigenvalue weighted by Gasteiger charge is -2.13. The van der Waals surface area contributed by atoms with Crippen LogP contribution in [-0.2, 0) is 6.61 Å². The van der Waals surface area contributed by atoms with Crippen molar-refractivity contribution in [3.63, 3.8) is 0 Å².